The zero-order valence-electron chi connectivity index (χ0n) is 31.5. The summed E-state index contributed by atoms with van der Waals surface area (Å²) in [7, 11) is 0. The van der Waals surface area contributed by atoms with Crippen LogP contribution in [0.3, 0.4) is 0 Å². The number of hydrogen-bond donors (Lipinski definition) is 0. The fraction of sp³-hybridized carbons (Fsp3) is 1.00. The van der Waals surface area contributed by atoms with Crippen LogP contribution < -0.4 is 0 Å². The molecule has 0 aromatic heterocycles. The quantitative estimate of drug-likeness (QED) is 0.279. The summed E-state index contributed by atoms with van der Waals surface area (Å²) in [6.07, 6.45) is 14.5. The van der Waals surface area contributed by atoms with E-state index in [1.54, 1.807) is 0 Å². The third kappa shape index (κ3) is 9.24. The average molecular weight is 577 g/mol. The van der Waals surface area contributed by atoms with E-state index in [1.807, 2.05) is 0 Å². The van der Waals surface area contributed by atoms with Crippen molar-refractivity contribution in [2.24, 2.45) is 69.0 Å². The van der Waals surface area contributed by atoms with Gasteiger partial charge in [-0.1, -0.05) is 130 Å². The van der Waals surface area contributed by atoms with Crippen molar-refractivity contribution in [1.29, 1.82) is 0 Å². The van der Waals surface area contributed by atoms with Crippen molar-refractivity contribution in [3.63, 3.8) is 0 Å². The SMILES string of the molecule is CC(C)C1(C(C)C)CC1.CC(C)C1(C(C)C)CCC1.CC(C)C1(C(C)C)CCCC1.CC(C)C1(C(C)C)CCOC1. The van der Waals surface area contributed by atoms with Crippen LogP contribution in [0.5, 0.6) is 0 Å². The molecule has 41 heavy (non-hydrogen) atoms. The van der Waals surface area contributed by atoms with E-state index >= 15 is 0 Å². The Morgan fingerprint density at radius 1 is 0.317 bits per heavy atom. The van der Waals surface area contributed by atoms with Gasteiger partial charge in [0.2, 0.25) is 0 Å². The molecule has 246 valence electrons. The van der Waals surface area contributed by atoms with Gasteiger partial charge in [0.05, 0.1) is 6.61 Å². The van der Waals surface area contributed by atoms with Crippen molar-refractivity contribution < 1.29 is 4.74 Å². The fourth-order valence-corrected chi connectivity index (χ4v) is 9.40. The van der Waals surface area contributed by atoms with Gasteiger partial charge in [-0.25, -0.2) is 0 Å². The van der Waals surface area contributed by atoms with Crippen LogP contribution in [-0.4, -0.2) is 13.2 Å². The summed E-state index contributed by atoms with van der Waals surface area (Å²) in [5.74, 6) is 6.85. The zero-order chi connectivity index (χ0) is 31.8. The summed E-state index contributed by atoms with van der Waals surface area (Å²) in [6.45, 7) is 39.7. The van der Waals surface area contributed by atoms with E-state index < -0.39 is 0 Å². The zero-order valence-corrected chi connectivity index (χ0v) is 31.5. The standard InChI is InChI=1S/C11H22.C10H20O.C10H20.C9H18/c1-9(2)11(10(3)4)7-5-6-8-11;1-8(2)10(9(3)4)5-6-11-7-10;1-8(2)10(9(3)4)6-5-7-10;1-7(2)9(5-6-9)8(3)4/h9-10H,5-8H2,1-4H3;8-9H,5-7H2,1-4H3;8-9H,5-7H2,1-4H3;7-8H,5-6H2,1-4H3. The largest absolute Gasteiger partial charge is 0.381 e. The summed E-state index contributed by atoms with van der Waals surface area (Å²) in [4.78, 5) is 0. The van der Waals surface area contributed by atoms with Gasteiger partial charge in [-0.05, 0) is 109 Å². The van der Waals surface area contributed by atoms with Gasteiger partial charge in [-0.3, -0.25) is 0 Å². The van der Waals surface area contributed by atoms with Gasteiger partial charge in [0.15, 0.2) is 0 Å². The minimum atomic E-state index is 0.472. The van der Waals surface area contributed by atoms with Crippen molar-refractivity contribution in [2.75, 3.05) is 13.2 Å². The maximum absolute atomic E-state index is 5.48. The molecule has 4 aliphatic rings. The maximum atomic E-state index is 5.48. The predicted molar refractivity (Wildman–Crippen MR) is 185 cm³/mol. The molecule has 0 unspecified atom stereocenters. The molecule has 1 heteroatoms. The highest BCUT2D eigenvalue weighted by atomic mass is 16.5. The van der Waals surface area contributed by atoms with E-state index in [2.05, 4.69) is 111 Å². The van der Waals surface area contributed by atoms with Gasteiger partial charge >= 0.3 is 0 Å². The molecular weight excluding hydrogens is 496 g/mol. The van der Waals surface area contributed by atoms with Crippen molar-refractivity contribution in [3.05, 3.63) is 0 Å². The van der Waals surface area contributed by atoms with E-state index in [1.165, 1.54) is 64.2 Å². The molecule has 3 saturated carbocycles. The molecule has 0 radical (unpaired) electrons. The van der Waals surface area contributed by atoms with Crippen molar-refractivity contribution in [2.45, 2.75) is 175 Å². The summed E-state index contributed by atoms with van der Waals surface area (Å²) in [5, 5.41) is 0. The second-order valence-corrected chi connectivity index (χ2v) is 17.5. The first-order valence-corrected chi connectivity index (χ1v) is 18.5. The van der Waals surface area contributed by atoms with Gasteiger partial charge in [0.1, 0.15) is 0 Å². The lowest BCUT2D eigenvalue weighted by Gasteiger charge is -2.49. The van der Waals surface area contributed by atoms with Crippen LogP contribution in [0, 0.1) is 69.0 Å². The Hall–Kier alpha value is -0.0400. The molecule has 4 rings (SSSR count). The Labute approximate surface area is 261 Å². The second kappa shape index (κ2) is 16.3. The summed E-state index contributed by atoms with van der Waals surface area (Å²) >= 11 is 0. The predicted octanol–water partition coefficient (Wildman–Crippen LogP) is 13.1. The van der Waals surface area contributed by atoms with E-state index in [0.717, 1.165) is 71.4 Å². The maximum Gasteiger partial charge on any atom is 0.0528 e. The highest BCUT2D eigenvalue weighted by molar-refractivity contribution is 4.97. The van der Waals surface area contributed by atoms with E-state index in [4.69, 9.17) is 4.74 Å². The molecule has 1 heterocycles. The first kappa shape index (κ1) is 39.0. The van der Waals surface area contributed by atoms with E-state index in [0.29, 0.717) is 10.8 Å². The molecule has 1 saturated heterocycles. The smallest absolute Gasteiger partial charge is 0.0528 e. The Balaban J connectivity index is 0.000000274. The third-order valence-corrected chi connectivity index (χ3v) is 13.9. The average Bonchev–Trinajstić information content (AvgIpc) is 3.25. The Kier molecular flexibility index (Phi) is 15.5. The molecule has 0 aromatic rings. The van der Waals surface area contributed by atoms with Crippen LogP contribution in [-0.2, 0) is 4.74 Å². The molecule has 4 fully saturated rings. The van der Waals surface area contributed by atoms with Crippen LogP contribution in [0.25, 0.3) is 0 Å². The lowest BCUT2D eigenvalue weighted by molar-refractivity contribution is 0.0135. The molecule has 0 amide bonds. The molecule has 1 aliphatic heterocycles. The van der Waals surface area contributed by atoms with Crippen LogP contribution in [0.1, 0.15) is 175 Å². The van der Waals surface area contributed by atoms with Crippen molar-refractivity contribution in [3.8, 4) is 0 Å². The van der Waals surface area contributed by atoms with Crippen LogP contribution in [0.15, 0.2) is 0 Å². The molecule has 3 aliphatic carbocycles. The lowest BCUT2D eigenvalue weighted by Crippen LogP contribution is -2.39. The van der Waals surface area contributed by atoms with Gasteiger partial charge in [-0.15, -0.1) is 0 Å². The molecule has 0 N–H and O–H groups in total. The fourth-order valence-electron chi connectivity index (χ4n) is 9.40. The number of rotatable bonds is 8. The third-order valence-electron chi connectivity index (χ3n) is 13.9. The number of hydrogen-bond acceptors (Lipinski definition) is 1. The van der Waals surface area contributed by atoms with E-state index in [-0.39, 0.29) is 0 Å². The first-order chi connectivity index (χ1) is 18.9. The molecule has 1 nitrogen and oxygen atoms in total. The van der Waals surface area contributed by atoms with Gasteiger partial charge in [-0.2, -0.15) is 0 Å². The summed E-state index contributed by atoms with van der Waals surface area (Å²) in [5.41, 5.74) is 2.64. The molecule has 0 atom stereocenters. The van der Waals surface area contributed by atoms with E-state index in [9.17, 15) is 0 Å². The van der Waals surface area contributed by atoms with Gasteiger partial charge < -0.3 is 4.74 Å². The highest BCUT2D eigenvalue weighted by Crippen LogP contribution is 2.57. The molecule has 0 spiro atoms. The van der Waals surface area contributed by atoms with Crippen LogP contribution in [0.2, 0.25) is 0 Å². The summed E-state index contributed by atoms with van der Waals surface area (Å²) in [6, 6.07) is 0. The normalized spacial score (nSPS) is 23.4. The Bertz CT molecular complexity index is 614. The molecule has 0 bridgehead atoms. The Morgan fingerprint density at radius 3 is 0.683 bits per heavy atom. The second-order valence-electron chi connectivity index (χ2n) is 17.5. The highest BCUT2D eigenvalue weighted by Gasteiger charge is 2.47. The van der Waals surface area contributed by atoms with Crippen molar-refractivity contribution in [1.82, 2.24) is 0 Å². The van der Waals surface area contributed by atoms with Crippen LogP contribution in [0.4, 0.5) is 0 Å². The molecule has 0 aromatic carbocycles. The first-order valence-electron chi connectivity index (χ1n) is 18.5. The lowest BCUT2D eigenvalue weighted by atomic mass is 9.56. The van der Waals surface area contributed by atoms with Crippen LogP contribution >= 0.6 is 0 Å². The van der Waals surface area contributed by atoms with Gasteiger partial charge in [0, 0.05) is 12.0 Å². The Morgan fingerprint density at radius 2 is 0.585 bits per heavy atom. The minimum absolute atomic E-state index is 0.472. The topological polar surface area (TPSA) is 9.23 Å². The van der Waals surface area contributed by atoms with Crippen molar-refractivity contribution >= 4 is 0 Å². The molecular formula is C40H80O. The van der Waals surface area contributed by atoms with Gasteiger partial charge in [0.25, 0.3) is 0 Å². The number of ether oxygens (including phenoxy) is 1. The summed E-state index contributed by atoms with van der Waals surface area (Å²) < 4.78 is 5.48. The minimum Gasteiger partial charge on any atom is -0.381 e. The monoisotopic (exact) mass is 577 g/mol.